The fourth-order valence-electron chi connectivity index (χ4n) is 3.16. The van der Waals surface area contributed by atoms with E-state index in [2.05, 4.69) is 22.4 Å². The standard InChI is InChI=1S/C19H24N4O2/c1-2-19(14-24)10-12-23(13-11-19)18(25)20-17-9-8-16(21-22-17)15-6-4-3-5-7-15/h3-9,24H,2,10-14H2,1H3,(H,20,22,25). The molecule has 6 heteroatoms. The van der Waals surface area contributed by atoms with Crippen LogP contribution >= 0.6 is 0 Å². The number of benzene rings is 1. The molecule has 0 spiro atoms. The van der Waals surface area contributed by atoms with Gasteiger partial charge in [0.2, 0.25) is 0 Å². The molecule has 2 N–H and O–H groups in total. The van der Waals surface area contributed by atoms with E-state index in [0.29, 0.717) is 18.9 Å². The van der Waals surface area contributed by atoms with E-state index < -0.39 is 0 Å². The highest BCUT2D eigenvalue weighted by molar-refractivity contribution is 5.88. The Morgan fingerprint density at radius 3 is 2.44 bits per heavy atom. The summed E-state index contributed by atoms with van der Waals surface area (Å²) in [6, 6.07) is 13.2. The van der Waals surface area contributed by atoms with Crippen molar-refractivity contribution < 1.29 is 9.90 Å². The molecule has 2 amide bonds. The third-order valence-corrected chi connectivity index (χ3v) is 5.17. The van der Waals surface area contributed by atoms with Gasteiger partial charge in [-0.25, -0.2) is 4.79 Å². The number of nitrogens with one attached hydrogen (secondary N) is 1. The van der Waals surface area contributed by atoms with Gasteiger partial charge in [0.1, 0.15) is 0 Å². The molecule has 1 aliphatic heterocycles. The van der Waals surface area contributed by atoms with E-state index in [0.717, 1.165) is 30.5 Å². The minimum atomic E-state index is -0.163. The lowest BCUT2D eigenvalue weighted by Crippen LogP contribution is -2.46. The number of hydrogen-bond acceptors (Lipinski definition) is 4. The van der Waals surface area contributed by atoms with Gasteiger partial charge in [-0.1, -0.05) is 37.3 Å². The summed E-state index contributed by atoms with van der Waals surface area (Å²) < 4.78 is 0. The van der Waals surface area contributed by atoms with Gasteiger partial charge in [0, 0.05) is 25.3 Å². The molecule has 2 heterocycles. The molecule has 0 unspecified atom stereocenters. The van der Waals surface area contributed by atoms with Crippen LogP contribution in [0.25, 0.3) is 11.3 Å². The smallest absolute Gasteiger partial charge is 0.323 e. The predicted octanol–water partition coefficient (Wildman–Crippen LogP) is 3.16. The van der Waals surface area contributed by atoms with Crippen molar-refractivity contribution in [3.8, 4) is 11.3 Å². The summed E-state index contributed by atoms with van der Waals surface area (Å²) in [5.41, 5.74) is 1.73. The third-order valence-electron chi connectivity index (χ3n) is 5.17. The summed E-state index contributed by atoms with van der Waals surface area (Å²) in [6.07, 6.45) is 2.59. The van der Waals surface area contributed by atoms with Gasteiger partial charge in [0.15, 0.2) is 5.82 Å². The normalized spacial score (nSPS) is 16.5. The van der Waals surface area contributed by atoms with Gasteiger partial charge >= 0.3 is 6.03 Å². The van der Waals surface area contributed by atoms with Crippen molar-refractivity contribution in [2.75, 3.05) is 25.0 Å². The lowest BCUT2D eigenvalue weighted by Gasteiger charge is -2.40. The Kier molecular flexibility index (Phi) is 5.28. The summed E-state index contributed by atoms with van der Waals surface area (Å²) in [5, 5.41) is 20.7. The molecule has 132 valence electrons. The van der Waals surface area contributed by atoms with Gasteiger partial charge in [0.25, 0.3) is 0 Å². The zero-order valence-electron chi connectivity index (χ0n) is 14.5. The van der Waals surface area contributed by atoms with Crippen LogP contribution in [0, 0.1) is 5.41 Å². The first kappa shape index (κ1) is 17.4. The molecular weight excluding hydrogens is 316 g/mol. The van der Waals surface area contributed by atoms with Crippen molar-refractivity contribution in [2.45, 2.75) is 26.2 Å². The Morgan fingerprint density at radius 2 is 1.88 bits per heavy atom. The fraction of sp³-hybridized carbons (Fsp3) is 0.421. The van der Waals surface area contributed by atoms with Gasteiger partial charge in [-0.3, -0.25) is 5.32 Å². The summed E-state index contributed by atoms with van der Waals surface area (Å²) in [7, 11) is 0. The lowest BCUT2D eigenvalue weighted by atomic mass is 9.77. The highest BCUT2D eigenvalue weighted by atomic mass is 16.3. The Balaban J connectivity index is 1.59. The Hall–Kier alpha value is -2.47. The van der Waals surface area contributed by atoms with Crippen LogP contribution in [0.4, 0.5) is 10.6 Å². The van der Waals surface area contributed by atoms with Crippen molar-refractivity contribution in [3.63, 3.8) is 0 Å². The van der Waals surface area contributed by atoms with Crippen LogP contribution in [-0.2, 0) is 0 Å². The summed E-state index contributed by atoms with van der Waals surface area (Å²) in [5.74, 6) is 0.444. The molecule has 1 fully saturated rings. The van der Waals surface area contributed by atoms with Crippen LogP contribution in [-0.4, -0.2) is 45.9 Å². The van der Waals surface area contributed by atoms with Gasteiger partial charge in [-0.15, -0.1) is 10.2 Å². The number of aromatic nitrogens is 2. The van der Waals surface area contributed by atoms with E-state index in [1.165, 1.54) is 0 Å². The van der Waals surface area contributed by atoms with Crippen LogP contribution in [0.2, 0.25) is 0 Å². The molecule has 0 saturated carbocycles. The number of nitrogens with zero attached hydrogens (tertiary/aromatic N) is 3. The SMILES string of the molecule is CCC1(CO)CCN(C(=O)Nc2ccc(-c3ccccc3)nn2)CC1. The lowest BCUT2D eigenvalue weighted by molar-refractivity contribution is 0.0542. The van der Waals surface area contributed by atoms with Crippen LogP contribution in [0.3, 0.4) is 0 Å². The molecule has 1 aromatic carbocycles. The minimum Gasteiger partial charge on any atom is -0.396 e. The molecule has 1 aromatic heterocycles. The molecule has 0 aliphatic carbocycles. The maximum atomic E-state index is 12.4. The third kappa shape index (κ3) is 3.96. The van der Waals surface area contributed by atoms with E-state index in [1.54, 1.807) is 11.0 Å². The van der Waals surface area contributed by atoms with Crippen molar-refractivity contribution >= 4 is 11.8 Å². The first-order chi connectivity index (χ1) is 12.2. The van der Waals surface area contributed by atoms with Crippen LogP contribution in [0.15, 0.2) is 42.5 Å². The van der Waals surface area contributed by atoms with Crippen LogP contribution in [0.5, 0.6) is 0 Å². The Bertz CT molecular complexity index is 689. The maximum Gasteiger partial charge on any atom is 0.323 e. The second-order valence-electron chi connectivity index (χ2n) is 6.60. The quantitative estimate of drug-likeness (QED) is 0.896. The number of carbonyl (C=O) groups excluding carboxylic acids is 1. The average molecular weight is 340 g/mol. The number of rotatable bonds is 4. The van der Waals surface area contributed by atoms with Crippen LogP contribution in [0.1, 0.15) is 26.2 Å². The molecule has 25 heavy (non-hydrogen) atoms. The first-order valence-electron chi connectivity index (χ1n) is 8.72. The number of carbonyl (C=O) groups is 1. The molecule has 3 rings (SSSR count). The molecule has 6 nitrogen and oxygen atoms in total. The minimum absolute atomic E-state index is 0.0338. The predicted molar refractivity (Wildman–Crippen MR) is 97.1 cm³/mol. The number of piperidine rings is 1. The zero-order chi connectivity index (χ0) is 17.7. The summed E-state index contributed by atoms with van der Waals surface area (Å²) in [4.78, 5) is 14.2. The average Bonchev–Trinajstić information content (AvgIpc) is 2.69. The highest BCUT2D eigenvalue weighted by Gasteiger charge is 2.33. The van der Waals surface area contributed by atoms with E-state index in [1.807, 2.05) is 36.4 Å². The van der Waals surface area contributed by atoms with Crippen molar-refractivity contribution in [1.29, 1.82) is 0 Å². The number of aliphatic hydroxyl groups is 1. The second kappa shape index (κ2) is 7.61. The van der Waals surface area contributed by atoms with Gasteiger partial charge in [0.05, 0.1) is 5.69 Å². The summed E-state index contributed by atoms with van der Waals surface area (Å²) in [6.45, 7) is 3.58. The second-order valence-corrected chi connectivity index (χ2v) is 6.60. The van der Waals surface area contributed by atoms with Gasteiger partial charge in [-0.2, -0.15) is 0 Å². The Morgan fingerprint density at radius 1 is 1.16 bits per heavy atom. The molecular formula is C19H24N4O2. The topological polar surface area (TPSA) is 78.4 Å². The monoisotopic (exact) mass is 340 g/mol. The molecule has 2 aromatic rings. The van der Waals surface area contributed by atoms with Gasteiger partial charge < -0.3 is 10.0 Å². The van der Waals surface area contributed by atoms with E-state index >= 15 is 0 Å². The van der Waals surface area contributed by atoms with Gasteiger partial charge in [-0.05, 0) is 36.8 Å². The Labute approximate surface area is 147 Å². The number of urea groups is 1. The number of anilines is 1. The number of aliphatic hydroxyl groups excluding tert-OH is 1. The van der Waals surface area contributed by atoms with E-state index in [4.69, 9.17) is 0 Å². The molecule has 1 saturated heterocycles. The number of amides is 2. The molecule has 0 atom stereocenters. The molecule has 1 aliphatic rings. The van der Waals surface area contributed by atoms with Crippen molar-refractivity contribution in [3.05, 3.63) is 42.5 Å². The summed E-state index contributed by atoms with van der Waals surface area (Å²) >= 11 is 0. The number of hydrogen-bond donors (Lipinski definition) is 2. The molecule has 0 bridgehead atoms. The maximum absolute atomic E-state index is 12.4. The van der Waals surface area contributed by atoms with Crippen molar-refractivity contribution in [2.24, 2.45) is 5.41 Å². The zero-order valence-corrected chi connectivity index (χ0v) is 14.5. The molecule has 0 radical (unpaired) electrons. The highest BCUT2D eigenvalue weighted by Crippen LogP contribution is 2.34. The number of likely N-dealkylation sites (tertiary alicyclic amines) is 1. The van der Waals surface area contributed by atoms with E-state index in [9.17, 15) is 9.90 Å². The van der Waals surface area contributed by atoms with E-state index in [-0.39, 0.29) is 18.1 Å². The van der Waals surface area contributed by atoms with Crippen LogP contribution < -0.4 is 5.32 Å². The van der Waals surface area contributed by atoms with Crippen molar-refractivity contribution in [1.82, 2.24) is 15.1 Å². The largest absolute Gasteiger partial charge is 0.396 e. The fourth-order valence-corrected chi connectivity index (χ4v) is 3.16. The first-order valence-corrected chi connectivity index (χ1v) is 8.72.